The molecule has 1 aromatic rings. The molecule has 0 spiro atoms. The molecular formula is C12H17NO2. The predicted molar refractivity (Wildman–Crippen MR) is 59.7 cm³/mol. The van der Waals surface area contributed by atoms with Gasteiger partial charge in [0.2, 0.25) is 0 Å². The average Bonchev–Trinajstić information content (AvgIpc) is 2.18. The van der Waals surface area contributed by atoms with Crippen LogP contribution < -0.4 is 0 Å². The molecule has 0 bridgehead atoms. The fourth-order valence-electron chi connectivity index (χ4n) is 1.38. The molecule has 1 amide bonds. The molecule has 82 valence electrons. The average molecular weight is 207 g/mol. The summed E-state index contributed by atoms with van der Waals surface area (Å²) in [5.74, 6) is 0. The van der Waals surface area contributed by atoms with Gasteiger partial charge in [-0.25, -0.2) is 4.79 Å². The maximum absolute atomic E-state index is 11.3. The minimum absolute atomic E-state index is 0.279. The first-order valence-electron chi connectivity index (χ1n) is 5.07. The smallest absolute Gasteiger partial charge is 0.409 e. The Morgan fingerprint density at radius 3 is 2.80 bits per heavy atom. The molecule has 0 saturated carbocycles. The lowest BCUT2D eigenvalue weighted by Crippen LogP contribution is -2.26. The third kappa shape index (κ3) is 3.62. The van der Waals surface area contributed by atoms with E-state index in [0.717, 1.165) is 5.56 Å². The fourth-order valence-corrected chi connectivity index (χ4v) is 1.38. The molecule has 0 N–H and O–H groups in total. The van der Waals surface area contributed by atoms with E-state index in [1.165, 1.54) is 5.56 Å². The zero-order valence-electron chi connectivity index (χ0n) is 9.49. The van der Waals surface area contributed by atoms with Gasteiger partial charge in [-0.2, -0.15) is 0 Å². The third-order valence-electron chi connectivity index (χ3n) is 2.08. The van der Waals surface area contributed by atoms with E-state index in [1.54, 1.807) is 18.9 Å². The van der Waals surface area contributed by atoms with Crippen LogP contribution in [0, 0.1) is 6.92 Å². The normalized spacial score (nSPS) is 9.80. The second kappa shape index (κ2) is 5.39. The Hall–Kier alpha value is -1.51. The highest BCUT2D eigenvalue weighted by Crippen LogP contribution is 2.07. The van der Waals surface area contributed by atoms with Gasteiger partial charge in [-0.3, -0.25) is 0 Å². The topological polar surface area (TPSA) is 29.5 Å². The minimum atomic E-state index is -0.279. The largest absolute Gasteiger partial charge is 0.450 e. The molecule has 0 atom stereocenters. The Kier molecular flexibility index (Phi) is 4.16. The van der Waals surface area contributed by atoms with Gasteiger partial charge >= 0.3 is 6.09 Å². The van der Waals surface area contributed by atoms with Crippen molar-refractivity contribution in [2.75, 3.05) is 13.7 Å². The highest BCUT2D eigenvalue weighted by Gasteiger charge is 2.08. The molecule has 3 heteroatoms. The van der Waals surface area contributed by atoms with Crippen molar-refractivity contribution in [1.29, 1.82) is 0 Å². The lowest BCUT2D eigenvalue weighted by Gasteiger charge is -2.16. The van der Waals surface area contributed by atoms with Crippen molar-refractivity contribution in [3.63, 3.8) is 0 Å². The van der Waals surface area contributed by atoms with Gasteiger partial charge in [-0.15, -0.1) is 0 Å². The molecule has 1 aromatic carbocycles. The molecule has 0 aliphatic heterocycles. The second-order valence-electron chi connectivity index (χ2n) is 3.54. The Morgan fingerprint density at radius 2 is 2.20 bits per heavy atom. The van der Waals surface area contributed by atoms with Gasteiger partial charge in [0.05, 0.1) is 6.61 Å². The van der Waals surface area contributed by atoms with E-state index in [9.17, 15) is 4.79 Å². The number of carbonyl (C=O) groups is 1. The zero-order chi connectivity index (χ0) is 11.3. The van der Waals surface area contributed by atoms with Crippen LogP contribution in [0.25, 0.3) is 0 Å². The lowest BCUT2D eigenvalue weighted by atomic mass is 10.1. The quantitative estimate of drug-likeness (QED) is 0.762. The first-order valence-corrected chi connectivity index (χ1v) is 5.07. The Labute approximate surface area is 90.7 Å². The number of nitrogens with zero attached hydrogens (tertiary/aromatic N) is 1. The monoisotopic (exact) mass is 207 g/mol. The summed E-state index contributed by atoms with van der Waals surface area (Å²) < 4.78 is 4.89. The Morgan fingerprint density at radius 1 is 1.47 bits per heavy atom. The molecule has 0 saturated heterocycles. The number of hydrogen-bond acceptors (Lipinski definition) is 2. The minimum Gasteiger partial charge on any atom is -0.450 e. The molecule has 0 fully saturated rings. The number of benzene rings is 1. The van der Waals surface area contributed by atoms with E-state index < -0.39 is 0 Å². The highest BCUT2D eigenvalue weighted by atomic mass is 16.5. The standard InChI is InChI=1S/C12H17NO2/c1-4-15-12(14)13(3)9-11-7-5-6-10(2)8-11/h5-8H,4,9H2,1-3H3. The number of hydrogen-bond donors (Lipinski definition) is 0. The number of rotatable bonds is 3. The van der Waals surface area contributed by atoms with Gasteiger partial charge in [0.25, 0.3) is 0 Å². The molecule has 0 aromatic heterocycles. The van der Waals surface area contributed by atoms with Crippen molar-refractivity contribution in [3.8, 4) is 0 Å². The molecule has 0 heterocycles. The van der Waals surface area contributed by atoms with Crippen molar-refractivity contribution in [2.24, 2.45) is 0 Å². The molecule has 0 radical (unpaired) electrons. The van der Waals surface area contributed by atoms with Crippen LogP contribution in [0.5, 0.6) is 0 Å². The summed E-state index contributed by atoms with van der Waals surface area (Å²) in [6.07, 6.45) is -0.279. The number of aryl methyl sites for hydroxylation is 1. The highest BCUT2D eigenvalue weighted by molar-refractivity contribution is 5.67. The number of carbonyl (C=O) groups excluding carboxylic acids is 1. The number of ether oxygens (including phenoxy) is 1. The van der Waals surface area contributed by atoms with Crippen molar-refractivity contribution in [2.45, 2.75) is 20.4 Å². The maximum atomic E-state index is 11.3. The first-order chi connectivity index (χ1) is 7.13. The molecular weight excluding hydrogens is 190 g/mol. The van der Waals surface area contributed by atoms with Crippen molar-refractivity contribution >= 4 is 6.09 Å². The zero-order valence-corrected chi connectivity index (χ0v) is 9.49. The van der Waals surface area contributed by atoms with Gasteiger partial charge in [0.15, 0.2) is 0 Å². The van der Waals surface area contributed by atoms with Crippen molar-refractivity contribution in [3.05, 3.63) is 35.4 Å². The summed E-state index contributed by atoms with van der Waals surface area (Å²) in [7, 11) is 1.74. The molecule has 0 aliphatic rings. The summed E-state index contributed by atoms with van der Waals surface area (Å²) in [5, 5.41) is 0. The van der Waals surface area contributed by atoms with Gasteiger partial charge in [0, 0.05) is 13.6 Å². The van der Waals surface area contributed by atoms with Crippen LogP contribution in [0.15, 0.2) is 24.3 Å². The fraction of sp³-hybridized carbons (Fsp3) is 0.417. The van der Waals surface area contributed by atoms with Gasteiger partial charge in [0.1, 0.15) is 0 Å². The maximum Gasteiger partial charge on any atom is 0.409 e. The summed E-state index contributed by atoms with van der Waals surface area (Å²) >= 11 is 0. The van der Waals surface area contributed by atoms with Crippen LogP contribution in [0.4, 0.5) is 4.79 Å². The van der Waals surface area contributed by atoms with E-state index >= 15 is 0 Å². The van der Waals surface area contributed by atoms with Gasteiger partial charge in [-0.1, -0.05) is 29.8 Å². The van der Waals surface area contributed by atoms with Crippen LogP contribution in [0.2, 0.25) is 0 Å². The Bertz CT molecular complexity index is 336. The predicted octanol–water partition coefficient (Wildman–Crippen LogP) is 2.58. The summed E-state index contributed by atoms with van der Waals surface area (Å²) in [6.45, 7) is 4.84. The van der Waals surface area contributed by atoms with E-state index in [4.69, 9.17) is 4.74 Å². The molecule has 0 unspecified atom stereocenters. The van der Waals surface area contributed by atoms with Crippen molar-refractivity contribution < 1.29 is 9.53 Å². The Balaban J connectivity index is 2.58. The second-order valence-corrected chi connectivity index (χ2v) is 3.54. The summed E-state index contributed by atoms with van der Waals surface area (Å²) in [4.78, 5) is 12.9. The van der Waals surface area contributed by atoms with Crippen LogP contribution in [-0.4, -0.2) is 24.6 Å². The van der Waals surface area contributed by atoms with Crippen molar-refractivity contribution in [1.82, 2.24) is 4.90 Å². The first kappa shape index (κ1) is 11.6. The molecule has 3 nitrogen and oxygen atoms in total. The summed E-state index contributed by atoms with van der Waals surface area (Å²) in [6, 6.07) is 8.09. The van der Waals surface area contributed by atoms with E-state index in [-0.39, 0.29) is 6.09 Å². The lowest BCUT2D eigenvalue weighted by molar-refractivity contribution is 0.114. The molecule has 0 aliphatic carbocycles. The van der Waals surface area contributed by atoms with Crippen LogP contribution in [0.3, 0.4) is 0 Å². The molecule has 1 rings (SSSR count). The van der Waals surface area contributed by atoms with Gasteiger partial charge in [-0.05, 0) is 19.4 Å². The van der Waals surface area contributed by atoms with Crippen LogP contribution in [0.1, 0.15) is 18.1 Å². The van der Waals surface area contributed by atoms with Crippen LogP contribution in [-0.2, 0) is 11.3 Å². The van der Waals surface area contributed by atoms with E-state index in [1.807, 2.05) is 25.1 Å². The summed E-state index contributed by atoms with van der Waals surface area (Å²) in [5.41, 5.74) is 2.32. The van der Waals surface area contributed by atoms with Gasteiger partial charge < -0.3 is 9.64 Å². The van der Waals surface area contributed by atoms with E-state index in [0.29, 0.717) is 13.2 Å². The SMILES string of the molecule is CCOC(=O)N(C)Cc1cccc(C)c1. The molecule has 15 heavy (non-hydrogen) atoms. The number of amides is 1. The van der Waals surface area contributed by atoms with Crippen LogP contribution >= 0.6 is 0 Å². The third-order valence-corrected chi connectivity index (χ3v) is 2.08. The van der Waals surface area contributed by atoms with E-state index in [2.05, 4.69) is 6.07 Å².